The summed E-state index contributed by atoms with van der Waals surface area (Å²) in [5.41, 5.74) is 7.75. The Labute approximate surface area is 134 Å². The predicted molar refractivity (Wildman–Crippen MR) is 90.9 cm³/mol. The van der Waals surface area contributed by atoms with Crippen LogP contribution in [0.3, 0.4) is 0 Å². The van der Waals surface area contributed by atoms with E-state index in [1.165, 1.54) is 0 Å². The van der Waals surface area contributed by atoms with Crippen molar-refractivity contribution < 1.29 is 5.11 Å². The predicted octanol–water partition coefficient (Wildman–Crippen LogP) is 2.17. The molecule has 0 unspecified atom stereocenters. The fourth-order valence-corrected chi connectivity index (χ4v) is 2.35. The standard InChI is InChI=1S/C16H20N6O/c1-16(2,23)6-8-18-14-11-4-3-10(12-5-7-19-22-12)9-13(11)20-15(17)21-14/h3-5,7,9,23H,6,8H2,1-2H3,(H,19,22)(H3,17,18,20,21). The third-order valence-electron chi connectivity index (χ3n) is 3.56. The van der Waals surface area contributed by atoms with E-state index in [1.807, 2.05) is 24.3 Å². The number of nitrogens with zero attached hydrogens (tertiary/aromatic N) is 3. The number of hydrogen-bond acceptors (Lipinski definition) is 6. The molecule has 7 nitrogen and oxygen atoms in total. The smallest absolute Gasteiger partial charge is 0.222 e. The third kappa shape index (κ3) is 3.57. The van der Waals surface area contributed by atoms with Crippen LogP contribution >= 0.6 is 0 Å². The van der Waals surface area contributed by atoms with Crippen molar-refractivity contribution >= 4 is 22.7 Å². The highest BCUT2D eigenvalue weighted by atomic mass is 16.3. The van der Waals surface area contributed by atoms with E-state index in [2.05, 4.69) is 25.5 Å². The minimum absolute atomic E-state index is 0.213. The molecule has 0 bridgehead atoms. The topological polar surface area (TPSA) is 113 Å². The molecule has 0 amide bonds. The van der Waals surface area contributed by atoms with Crippen LogP contribution < -0.4 is 11.1 Å². The van der Waals surface area contributed by atoms with Gasteiger partial charge >= 0.3 is 0 Å². The van der Waals surface area contributed by atoms with Gasteiger partial charge in [0, 0.05) is 23.7 Å². The van der Waals surface area contributed by atoms with Crippen molar-refractivity contribution in [1.29, 1.82) is 0 Å². The molecule has 0 fully saturated rings. The van der Waals surface area contributed by atoms with E-state index in [0.717, 1.165) is 22.2 Å². The lowest BCUT2D eigenvalue weighted by atomic mass is 10.1. The molecule has 2 aromatic heterocycles. The molecule has 23 heavy (non-hydrogen) atoms. The second-order valence-corrected chi connectivity index (χ2v) is 6.12. The number of H-pyrrole nitrogens is 1. The molecule has 0 spiro atoms. The van der Waals surface area contributed by atoms with E-state index < -0.39 is 5.60 Å². The largest absolute Gasteiger partial charge is 0.390 e. The first-order valence-corrected chi connectivity index (χ1v) is 7.46. The van der Waals surface area contributed by atoms with Gasteiger partial charge in [0.25, 0.3) is 0 Å². The van der Waals surface area contributed by atoms with Gasteiger partial charge in [-0.15, -0.1) is 0 Å². The highest BCUT2D eigenvalue weighted by molar-refractivity contribution is 5.92. The van der Waals surface area contributed by atoms with Crippen molar-refractivity contribution in [2.24, 2.45) is 0 Å². The number of aliphatic hydroxyl groups is 1. The monoisotopic (exact) mass is 312 g/mol. The van der Waals surface area contributed by atoms with Gasteiger partial charge in [-0.2, -0.15) is 10.1 Å². The number of aromatic amines is 1. The van der Waals surface area contributed by atoms with E-state index in [4.69, 9.17) is 5.73 Å². The number of anilines is 2. The van der Waals surface area contributed by atoms with E-state index in [9.17, 15) is 5.11 Å². The van der Waals surface area contributed by atoms with Crippen LogP contribution in [0.5, 0.6) is 0 Å². The zero-order chi connectivity index (χ0) is 16.4. The quantitative estimate of drug-likeness (QED) is 0.574. The van der Waals surface area contributed by atoms with Crippen LogP contribution in [0, 0.1) is 0 Å². The molecule has 0 saturated heterocycles. The molecule has 5 N–H and O–H groups in total. The second-order valence-electron chi connectivity index (χ2n) is 6.12. The van der Waals surface area contributed by atoms with Crippen molar-refractivity contribution in [3.8, 4) is 11.3 Å². The van der Waals surface area contributed by atoms with Crippen LogP contribution in [0.2, 0.25) is 0 Å². The Balaban J connectivity index is 1.93. The molecule has 0 aliphatic heterocycles. The van der Waals surface area contributed by atoms with Gasteiger partial charge < -0.3 is 16.2 Å². The fraction of sp³-hybridized carbons (Fsp3) is 0.312. The first-order valence-electron chi connectivity index (χ1n) is 7.46. The molecule has 3 rings (SSSR count). The lowest BCUT2D eigenvalue weighted by Crippen LogP contribution is -2.23. The second kappa shape index (κ2) is 5.85. The van der Waals surface area contributed by atoms with Gasteiger partial charge in [0.15, 0.2) is 0 Å². The molecule has 7 heteroatoms. The van der Waals surface area contributed by atoms with Crippen LogP contribution in [0.25, 0.3) is 22.2 Å². The normalized spacial score (nSPS) is 11.8. The number of aromatic nitrogens is 4. The SMILES string of the molecule is CC(C)(O)CCNc1nc(N)nc2cc(-c3ccn[nH]3)ccc12. The fourth-order valence-electron chi connectivity index (χ4n) is 2.35. The van der Waals surface area contributed by atoms with E-state index in [1.54, 1.807) is 20.0 Å². The first-order chi connectivity index (χ1) is 10.9. The summed E-state index contributed by atoms with van der Waals surface area (Å²) in [7, 11) is 0. The molecule has 0 radical (unpaired) electrons. The molecule has 1 aromatic carbocycles. The minimum Gasteiger partial charge on any atom is -0.390 e. The number of nitrogens with two attached hydrogens (primary N) is 1. The Hall–Kier alpha value is -2.67. The molecular weight excluding hydrogens is 292 g/mol. The van der Waals surface area contributed by atoms with Gasteiger partial charge in [-0.1, -0.05) is 6.07 Å². The average molecular weight is 312 g/mol. The maximum absolute atomic E-state index is 9.80. The lowest BCUT2D eigenvalue weighted by molar-refractivity contribution is 0.0748. The number of benzene rings is 1. The lowest BCUT2D eigenvalue weighted by Gasteiger charge is -2.17. The van der Waals surface area contributed by atoms with Gasteiger partial charge in [0.1, 0.15) is 5.82 Å². The first kappa shape index (κ1) is 15.2. The molecule has 0 aliphatic carbocycles. The Morgan fingerprint density at radius 1 is 1.26 bits per heavy atom. The van der Waals surface area contributed by atoms with E-state index >= 15 is 0 Å². The number of fused-ring (bicyclic) bond motifs is 1. The van der Waals surface area contributed by atoms with Gasteiger partial charge in [-0.25, -0.2) is 4.98 Å². The maximum Gasteiger partial charge on any atom is 0.222 e. The molecule has 3 aromatic rings. The molecule has 120 valence electrons. The number of nitrogen functional groups attached to an aromatic ring is 1. The van der Waals surface area contributed by atoms with Gasteiger partial charge in [-0.05, 0) is 38.5 Å². The number of hydrogen-bond donors (Lipinski definition) is 4. The van der Waals surface area contributed by atoms with Crippen molar-refractivity contribution in [3.05, 3.63) is 30.5 Å². The van der Waals surface area contributed by atoms with Gasteiger partial charge in [0.2, 0.25) is 5.95 Å². The van der Waals surface area contributed by atoms with Crippen molar-refractivity contribution in [2.75, 3.05) is 17.6 Å². The summed E-state index contributed by atoms with van der Waals surface area (Å²) in [4.78, 5) is 8.57. The Morgan fingerprint density at radius 3 is 2.78 bits per heavy atom. The molecule has 0 saturated carbocycles. The maximum atomic E-state index is 9.80. The minimum atomic E-state index is -0.727. The number of rotatable bonds is 5. The summed E-state index contributed by atoms with van der Waals surface area (Å²) in [6.07, 6.45) is 2.31. The van der Waals surface area contributed by atoms with Crippen LogP contribution in [0.4, 0.5) is 11.8 Å². The Bertz CT molecular complexity index is 807. The summed E-state index contributed by atoms with van der Waals surface area (Å²) in [6, 6.07) is 7.78. The molecule has 0 atom stereocenters. The summed E-state index contributed by atoms with van der Waals surface area (Å²) >= 11 is 0. The van der Waals surface area contributed by atoms with Crippen molar-refractivity contribution in [1.82, 2.24) is 20.2 Å². The molecule has 2 heterocycles. The van der Waals surface area contributed by atoms with Gasteiger partial charge in [0.05, 0.1) is 16.8 Å². The molecule has 0 aliphatic rings. The summed E-state index contributed by atoms with van der Waals surface area (Å²) in [5, 5.41) is 20.8. The summed E-state index contributed by atoms with van der Waals surface area (Å²) in [6.45, 7) is 4.15. The van der Waals surface area contributed by atoms with Crippen LogP contribution in [-0.2, 0) is 0 Å². The van der Waals surface area contributed by atoms with Gasteiger partial charge in [-0.3, -0.25) is 5.10 Å². The zero-order valence-corrected chi connectivity index (χ0v) is 13.2. The van der Waals surface area contributed by atoms with Crippen LogP contribution in [0.15, 0.2) is 30.5 Å². The third-order valence-corrected chi connectivity index (χ3v) is 3.56. The van der Waals surface area contributed by atoms with Crippen LogP contribution in [0.1, 0.15) is 20.3 Å². The van der Waals surface area contributed by atoms with Crippen molar-refractivity contribution in [2.45, 2.75) is 25.9 Å². The van der Waals surface area contributed by atoms with E-state index in [-0.39, 0.29) is 5.95 Å². The molecular formula is C16H20N6O. The van der Waals surface area contributed by atoms with E-state index in [0.29, 0.717) is 18.8 Å². The number of nitrogens with one attached hydrogen (secondary N) is 2. The highest BCUT2D eigenvalue weighted by Crippen LogP contribution is 2.26. The average Bonchev–Trinajstić information content (AvgIpc) is 2.99. The van der Waals surface area contributed by atoms with Crippen molar-refractivity contribution in [3.63, 3.8) is 0 Å². The highest BCUT2D eigenvalue weighted by Gasteiger charge is 2.13. The summed E-state index contributed by atoms with van der Waals surface area (Å²) < 4.78 is 0. The Morgan fingerprint density at radius 2 is 2.09 bits per heavy atom. The van der Waals surface area contributed by atoms with Crippen LogP contribution in [-0.4, -0.2) is 37.4 Å². The zero-order valence-electron chi connectivity index (χ0n) is 13.2. The Kier molecular flexibility index (Phi) is 3.87. The summed E-state index contributed by atoms with van der Waals surface area (Å²) in [5.74, 6) is 0.887.